The Labute approximate surface area is 311 Å². The van der Waals surface area contributed by atoms with E-state index in [9.17, 15) is 14.4 Å². The van der Waals surface area contributed by atoms with Crippen molar-refractivity contribution in [1.82, 2.24) is 10.3 Å². The van der Waals surface area contributed by atoms with Gasteiger partial charge in [0.25, 0.3) is 11.8 Å². The van der Waals surface area contributed by atoms with Crippen molar-refractivity contribution in [1.29, 1.82) is 0 Å². The topological polar surface area (TPSA) is 110 Å². The molecule has 2 N–H and O–H groups in total. The Hall–Kier alpha value is -5.67. The second kappa shape index (κ2) is 19.1. The number of nitrogens with one attached hydrogen (secondary N) is 2. The van der Waals surface area contributed by atoms with Crippen molar-refractivity contribution in [2.75, 3.05) is 31.0 Å². The van der Waals surface area contributed by atoms with E-state index in [-0.39, 0.29) is 30.1 Å². The summed E-state index contributed by atoms with van der Waals surface area (Å²) in [6.45, 7) is 4.86. The molecule has 0 saturated carbocycles. The van der Waals surface area contributed by atoms with Gasteiger partial charge in [-0.05, 0) is 98.3 Å². The van der Waals surface area contributed by atoms with E-state index < -0.39 is 0 Å². The number of pyridine rings is 1. The van der Waals surface area contributed by atoms with E-state index in [0.717, 1.165) is 47.2 Å². The van der Waals surface area contributed by atoms with Gasteiger partial charge in [0.15, 0.2) is 0 Å². The molecule has 0 saturated heterocycles. The molecule has 5 aromatic rings. The van der Waals surface area contributed by atoms with Crippen molar-refractivity contribution < 1.29 is 23.9 Å². The van der Waals surface area contributed by atoms with Crippen LogP contribution in [-0.2, 0) is 11.3 Å². The van der Waals surface area contributed by atoms with Gasteiger partial charge in [0.05, 0.1) is 37.3 Å². The number of anilines is 2. The van der Waals surface area contributed by atoms with Gasteiger partial charge in [-0.2, -0.15) is 0 Å². The number of nitrogens with zero attached hydrogens (tertiary/aromatic N) is 2. The molecule has 5 rings (SSSR count). The number of amides is 3. The zero-order valence-electron chi connectivity index (χ0n) is 30.0. The van der Waals surface area contributed by atoms with Crippen LogP contribution >= 0.6 is 12.4 Å². The Morgan fingerprint density at radius 1 is 0.788 bits per heavy atom. The third kappa shape index (κ3) is 10.4. The van der Waals surface area contributed by atoms with Crippen molar-refractivity contribution >= 4 is 41.5 Å². The summed E-state index contributed by atoms with van der Waals surface area (Å²) in [6, 6.07) is 31.8. The molecular formula is C42H45ClN4O5. The standard InChI is InChI=1S/C42H44N4O5.ClH/c1-29-16-19-31(20-17-29)34-13-7-8-14-35(34)41(48)45-36-22-21-32(27-38(36)50-4)42(49)46(3)37-23-18-30(2)26-39(37)51-25-11-5-6-15-40(47)44-28-33-12-9-10-24-43-33;/h7-10,12-14,16-24,26-27H,5-6,11,15,25,28H2,1-4H3,(H,44,47)(H,45,48);1H. The van der Waals surface area contributed by atoms with Gasteiger partial charge in [-0.15, -0.1) is 12.4 Å². The lowest BCUT2D eigenvalue weighted by Gasteiger charge is -2.22. The summed E-state index contributed by atoms with van der Waals surface area (Å²) in [5, 5.41) is 5.87. The highest BCUT2D eigenvalue weighted by Crippen LogP contribution is 2.33. The monoisotopic (exact) mass is 720 g/mol. The zero-order chi connectivity index (χ0) is 36.2. The van der Waals surface area contributed by atoms with Gasteiger partial charge in [0.2, 0.25) is 5.91 Å². The molecule has 0 atom stereocenters. The van der Waals surface area contributed by atoms with Crippen molar-refractivity contribution in [2.45, 2.75) is 46.1 Å². The van der Waals surface area contributed by atoms with E-state index in [4.69, 9.17) is 9.47 Å². The maximum atomic E-state index is 13.7. The predicted molar refractivity (Wildman–Crippen MR) is 209 cm³/mol. The third-order valence-electron chi connectivity index (χ3n) is 8.51. The van der Waals surface area contributed by atoms with Crippen LogP contribution in [0, 0.1) is 13.8 Å². The number of unbranched alkanes of at least 4 members (excludes halogenated alkanes) is 2. The molecule has 0 fully saturated rings. The van der Waals surface area contributed by atoms with E-state index in [1.807, 2.05) is 92.7 Å². The summed E-state index contributed by atoms with van der Waals surface area (Å²) in [5.41, 5.74) is 6.72. The average Bonchev–Trinajstić information content (AvgIpc) is 3.15. The molecule has 0 unspecified atom stereocenters. The van der Waals surface area contributed by atoms with Crippen LogP contribution < -0.4 is 25.0 Å². The number of aromatic nitrogens is 1. The lowest BCUT2D eigenvalue weighted by molar-refractivity contribution is -0.121. The smallest absolute Gasteiger partial charge is 0.258 e. The number of ether oxygens (including phenoxy) is 2. The molecule has 0 spiro atoms. The van der Waals surface area contributed by atoms with Gasteiger partial charge in [-0.1, -0.05) is 60.2 Å². The molecule has 4 aromatic carbocycles. The number of halogens is 1. The van der Waals surface area contributed by atoms with Crippen LogP contribution in [0.1, 0.15) is 63.2 Å². The Morgan fingerprint density at radius 3 is 2.29 bits per heavy atom. The van der Waals surface area contributed by atoms with E-state index in [0.29, 0.717) is 53.6 Å². The largest absolute Gasteiger partial charge is 0.495 e. The number of rotatable bonds is 15. The number of hydrogen-bond donors (Lipinski definition) is 2. The molecule has 270 valence electrons. The van der Waals surface area contributed by atoms with Gasteiger partial charge in [0, 0.05) is 30.8 Å². The van der Waals surface area contributed by atoms with E-state index in [2.05, 4.69) is 15.6 Å². The number of hydrogen-bond acceptors (Lipinski definition) is 6. The summed E-state index contributed by atoms with van der Waals surface area (Å²) >= 11 is 0. The SMILES string of the molecule is COc1cc(C(=O)N(C)c2ccc(C)cc2OCCCCCC(=O)NCc2ccccn2)ccc1NC(=O)c1ccccc1-c1ccc(C)cc1.Cl. The molecule has 3 amide bonds. The minimum Gasteiger partial charge on any atom is -0.495 e. The molecule has 1 aromatic heterocycles. The van der Waals surface area contributed by atoms with E-state index >= 15 is 0 Å². The molecule has 0 aliphatic carbocycles. The number of aryl methyl sites for hydroxylation is 2. The fraction of sp³-hybridized carbons (Fsp3) is 0.238. The van der Waals surface area contributed by atoms with Crippen molar-refractivity contribution in [3.63, 3.8) is 0 Å². The Morgan fingerprint density at radius 2 is 1.54 bits per heavy atom. The molecule has 10 heteroatoms. The maximum Gasteiger partial charge on any atom is 0.258 e. The minimum absolute atomic E-state index is 0. The maximum absolute atomic E-state index is 13.7. The molecule has 0 aliphatic heterocycles. The predicted octanol–water partition coefficient (Wildman–Crippen LogP) is 8.58. The van der Waals surface area contributed by atoms with Gasteiger partial charge < -0.3 is 25.0 Å². The van der Waals surface area contributed by atoms with Crippen molar-refractivity contribution in [2.24, 2.45) is 0 Å². The lowest BCUT2D eigenvalue weighted by Crippen LogP contribution is -2.27. The highest BCUT2D eigenvalue weighted by molar-refractivity contribution is 6.10. The lowest BCUT2D eigenvalue weighted by atomic mass is 9.98. The van der Waals surface area contributed by atoms with Crippen molar-refractivity contribution in [3.8, 4) is 22.6 Å². The first-order valence-electron chi connectivity index (χ1n) is 17.1. The zero-order valence-corrected chi connectivity index (χ0v) is 30.8. The molecular weight excluding hydrogens is 676 g/mol. The molecule has 1 heterocycles. The first-order chi connectivity index (χ1) is 24.7. The van der Waals surface area contributed by atoms with Gasteiger partial charge in [-0.3, -0.25) is 19.4 Å². The fourth-order valence-corrected chi connectivity index (χ4v) is 5.63. The van der Waals surface area contributed by atoms with Crippen LogP contribution in [0.5, 0.6) is 11.5 Å². The Kier molecular flexibility index (Phi) is 14.4. The fourth-order valence-electron chi connectivity index (χ4n) is 5.63. The normalized spacial score (nSPS) is 10.5. The van der Waals surface area contributed by atoms with E-state index in [1.54, 1.807) is 42.4 Å². The second-order valence-corrected chi connectivity index (χ2v) is 12.4. The summed E-state index contributed by atoms with van der Waals surface area (Å²) < 4.78 is 11.8. The van der Waals surface area contributed by atoms with Gasteiger partial charge in [-0.25, -0.2) is 0 Å². The summed E-state index contributed by atoms with van der Waals surface area (Å²) in [6.07, 6.45) is 4.48. The molecule has 0 radical (unpaired) electrons. The number of benzene rings is 4. The quantitative estimate of drug-likeness (QED) is 0.105. The minimum atomic E-state index is -0.286. The van der Waals surface area contributed by atoms with Gasteiger partial charge >= 0.3 is 0 Å². The Balaban J connectivity index is 0.00000605. The van der Waals surface area contributed by atoms with Crippen LogP contribution in [0.4, 0.5) is 11.4 Å². The Bertz CT molecular complexity index is 1970. The van der Waals surface area contributed by atoms with E-state index in [1.165, 1.54) is 7.11 Å². The number of methoxy groups -OCH3 is 1. The summed E-state index contributed by atoms with van der Waals surface area (Å²) in [5.74, 6) is 0.411. The third-order valence-corrected chi connectivity index (χ3v) is 8.51. The number of carbonyl (C=O) groups is 3. The highest BCUT2D eigenvalue weighted by atomic mass is 35.5. The molecule has 9 nitrogen and oxygen atoms in total. The average molecular weight is 721 g/mol. The van der Waals surface area contributed by atoms with Gasteiger partial charge in [0.1, 0.15) is 11.5 Å². The summed E-state index contributed by atoms with van der Waals surface area (Å²) in [4.78, 5) is 45.2. The summed E-state index contributed by atoms with van der Waals surface area (Å²) in [7, 11) is 3.21. The van der Waals surface area contributed by atoms with Crippen LogP contribution in [0.3, 0.4) is 0 Å². The number of carbonyl (C=O) groups excluding carboxylic acids is 3. The second-order valence-electron chi connectivity index (χ2n) is 12.4. The van der Waals surface area contributed by atoms with Crippen LogP contribution in [0.15, 0.2) is 109 Å². The first-order valence-corrected chi connectivity index (χ1v) is 17.1. The first kappa shape index (κ1) is 39.1. The molecule has 0 aliphatic rings. The van der Waals surface area contributed by atoms with Crippen LogP contribution in [0.25, 0.3) is 11.1 Å². The van der Waals surface area contributed by atoms with Crippen LogP contribution in [0.2, 0.25) is 0 Å². The molecule has 52 heavy (non-hydrogen) atoms. The highest BCUT2D eigenvalue weighted by Gasteiger charge is 2.21. The van der Waals surface area contributed by atoms with Crippen LogP contribution in [-0.4, -0.2) is 43.5 Å². The molecule has 0 bridgehead atoms. The van der Waals surface area contributed by atoms with Crippen molar-refractivity contribution in [3.05, 3.63) is 137 Å².